The number of imidazole rings is 1. The summed E-state index contributed by atoms with van der Waals surface area (Å²) in [5, 5.41) is 0. The van der Waals surface area contributed by atoms with Gasteiger partial charge in [0, 0.05) is 6.42 Å². The van der Waals surface area contributed by atoms with Crippen molar-refractivity contribution in [2.45, 2.75) is 70.8 Å². The summed E-state index contributed by atoms with van der Waals surface area (Å²) in [7, 11) is 0. The van der Waals surface area contributed by atoms with E-state index in [1.54, 1.807) is 27.7 Å². The quantitative estimate of drug-likeness (QED) is 0.199. The normalized spacial score (nSPS) is 21.6. The maximum absolute atomic E-state index is 14.8. The lowest BCUT2D eigenvalue weighted by atomic mass is 10.1. The van der Waals surface area contributed by atoms with Crippen molar-refractivity contribution < 1.29 is 37.7 Å². The van der Waals surface area contributed by atoms with Crippen LogP contribution in [0, 0.1) is 11.8 Å². The van der Waals surface area contributed by atoms with Gasteiger partial charge in [-0.1, -0.05) is 27.7 Å². The van der Waals surface area contributed by atoms with E-state index >= 15 is 0 Å². The zero-order valence-electron chi connectivity index (χ0n) is 22.0. The van der Waals surface area contributed by atoms with Crippen molar-refractivity contribution in [3.63, 3.8) is 0 Å². The van der Waals surface area contributed by atoms with Crippen LogP contribution in [0.4, 0.5) is 10.3 Å². The number of rotatable bonds is 11. The van der Waals surface area contributed by atoms with Crippen LogP contribution < -0.4 is 22.8 Å². The molecule has 7 N–H and O–H groups in total. The van der Waals surface area contributed by atoms with Crippen LogP contribution in [0.2, 0.25) is 0 Å². The minimum atomic E-state index is -1.67. The monoisotopic (exact) mass is 555 g/mol. The first kappa shape index (κ1) is 29.9. The van der Waals surface area contributed by atoms with E-state index in [0.717, 1.165) is 0 Å². The number of nitrogens with zero attached hydrogens (tertiary/aromatic N) is 3. The molecule has 3 heterocycles. The van der Waals surface area contributed by atoms with Crippen LogP contribution in [0.1, 0.15) is 40.3 Å². The summed E-state index contributed by atoms with van der Waals surface area (Å²) in [6.45, 7) is 5.54. The SMILES string of the molecule is CC(C)[C@H](N)C(=O)OCC(OC(=O)[C@@H](N)C(C)C)C(=O)OC[C@H]1O[C@@H](n2cnc3c(=O)[nH]c(N)nc32)CC1F. The van der Waals surface area contributed by atoms with Crippen molar-refractivity contribution in [1.82, 2.24) is 19.5 Å². The fraction of sp³-hybridized carbons (Fsp3) is 0.652. The molecule has 0 aliphatic carbocycles. The lowest BCUT2D eigenvalue weighted by molar-refractivity contribution is -0.178. The fourth-order valence-electron chi connectivity index (χ4n) is 3.59. The smallest absolute Gasteiger partial charge is 0.351 e. The van der Waals surface area contributed by atoms with Crippen LogP contribution >= 0.6 is 0 Å². The van der Waals surface area contributed by atoms with Gasteiger partial charge in [-0.05, 0) is 11.8 Å². The molecule has 0 bridgehead atoms. The molecule has 2 aromatic rings. The summed E-state index contributed by atoms with van der Waals surface area (Å²) in [4.78, 5) is 59.6. The predicted molar refractivity (Wildman–Crippen MR) is 133 cm³/mol. The standard InChI is InChI=1S/C23H34FN7O8/c1-9(2)15(25)21(34)37-7-13(39-22(35)16(26)10(3)4)20(33)36-6-12-11(24)5-14(38-12)31-8-28-17-18(31)29-23(27)30-19(17)32/h8-16H,5-7,25-26H2,1-4H3,(H3,27,29,30,32)/t11?,12-,13?,14-,15+,16+/m1/s1. The van der Waals surface area contributed by atoms with Crippen LogP contribution in [0.15, 0.2) is 11.1 Å². The number of nitrogen functional groups attached to an aromatic ring is 1. The topological polar surface area (TPSA) is 230 Å². The van der Waals surface area contributed by atoms with Crippen LogP contribution in [0.25, 0.3) is 11.2 Å². The summed E-state index contributed by atoms with van der Waals surface area (Å²) in [5.41, 5.74) is 16.7. The van der Waals surface area contributed by atoms with Crippen LogP contribution in [0.3, 0.4) is 0 Å². The third kappa shape index (κ3) is 7.07. The number of nitrogens with two attached hydrogens (primary N) is 3. The van der Waals surface area contributed by atoms with Crippen molar-refractivity contribution in [1.29, 1.82) is 0 Å². The number of hydrogen-bond acceptors (Lipinski definition) is 13. The van der Waals surface area contributed by atoms with Crippen molar-refractivity contribution in [3.8, 4) is 0 Å². The van der Waals surface area contributed by atoms with E-state index in [1.807, 2.05) is 0 Å². The molecule has 2 unspecified atom stereocenters. The highest BCUT2D eigenvalue weighted by Gasteiger charge is 2.39. The van der Waals surface area contributed by atoms with Crippen LogP contribution in [-0.4, -0.2) is 81.1 Å². The lowest BCUT2D eigenvalue weighted by Crippen LogP contribution is -2.44. The summed E-state index contributed by atoms with van der Waals surface area (Å²) in [6, 6.07) is -2.02. The average Bonchev–Trinajstić information content (AvgIpc) is 3.46. The van der Waals surface area contributed by atoms with Gasteiger partial charge in [-0.3, -0.25) is 23.9 Å². The summed E-state index contributed by atoms with van der Waals surface area (Å²) in [6.07, 6.45) is -4.26. The van der Waals surface area contributed by atoms with Gasteiger partial charge in [0.2, 0.25) is 12.1 Å². The molecule has 216 valence electrons. The zero-order chi connectivity index (χ0) is 29.0. The maximum Gasteiger partial charge on any atom is 0.351 e. The molecule has 0 saturated carbocycles. The molecule has 0 radical (unpaired) electrons. The van der Waals surface area contributed by atoms with Gasteiger partial charge >= 0.3 is 17.9 Å². The highest BCUT2D eigenvalue weighted by Crippen LogP contribution is 2.32. The minimum absolute atomic E-state index is 0.00548. The molecule has 1 fully saturated rings. The number of hydrogen-bond donors (Lipinski definition) is 4. The van der Waals surface area contributed by atoms with E-state index in [1.165, 1.54) is 10.9 Å². The third-order valence-electron chi connectivity index (χ3n) is 6.19. The highest BCUT2D eigenvalue weighted by molar-refractivity contribution is 5.82. The second kappa shape index (κ2) is 12.5. The van der Waals surface area contributed by atoms with E-state index in [-0.39, 0.29) is 35.4 Å². The van der Waals surface area contributed by atoms with Gasteiger partial charge in [0.1, 0.15) is 43.8 Å². The molecule has 0 aromatic carbocycles. The molecule has 1 aliphatic rings. The average molecular weight is 556 g/mol. The molecule has 2 aromatic heterocycles. The van der Waals surface area contributed by atoms with Crippen molar-refractivity contribution in [3.05, 3.63) is 16.7 Å². The summed E-state index contributed by atoms with van der Waals surface area (Å²) in [5.74, 6) is -3.52. The number of fused-ring (bicyclic) bond motifs is 1. The van der Waals surface area contributed by atoms with Crippen LogP contribution in [-0.2, 0) is 33.3 Å². The Kier molecular flexibility index (Phi) is 9.58. The molecule has 1 saturated heterocycles. The number of nitrogens with one attached hydrogen (secondary N) is 1. The van der Waals surface area contributed by atoms with Gasteiger partial charge in [-0.15, -0.1) is 0 Å². The first-order valence-corrected chi connectivity index (χ1v) is 12.4. The van der Waals surface area contributed by atoms with Gasteiger partial charge in [-0.25, -0.2) is 14.2 Å². The van der Waals surface area contributed by atoms with E-state index in [9.17, 15) is 23.6 Å². The summed E-state index contributed by atoms with van der Waals surface area (Å²) < 4.78 is 37.3. The van der Waals surface area contributed by atoms with Crippen LogP contribution in [0.5, 0.6) is 0 Å². The molecule has 3 rings (SSSR count). The number of esters is 3. The third-order valence-corrected chi connectivity index (χ3v) is 6.19. The van der Waals surface area contributed by atoms with Gasteiger partial charge in [0.25, 0.3) is 5.56 Å². The molecular formula is C23H34FN7O8. The van der Waals surface area contributed by atoms with Crippen molar-refractivity contribution >= 4 is 35.0 Å². The lowest BCUT2D eigenvalue weighted by Gasteiger charge is -2.22. The Morgan fingerprint density at radius 2 is 1.77 bits per heavy atom. The first-order chi connectivity index (χ1) is 18.3. The Hall–Kier alpha value is -3.63. The van der Waals surface area contributed by atoms with E-state index in [4.69, 9.17) is 36.1 Å². The van der Waals surface area contributed by atoms with E-state index in [2.05, 4.69) is 15.0 Å². The number of aromatic amines is 1. The van der Waals surface area contributed by atoms with E-state index < -0.39 is 73.4 Å². The number of aromatic nitrogens is 4. The molecule has 0 amide bonds. The largest absolute Gasteiger partial charge is 0.460 e. The second-order valence-corrected chi connectivity index (χ2v) is 9.88. The number of H-pyrrole nitrogens is 1. The molecule has 15 nitrogen and oxygen atoms in total. The van der Waals surface area contributed by atoms with E-state index in [0.29, 0.717) is 0 Å². The Balaban J connectivity index is 1.66. The Morgan fingerprint density at radius 3 is 2.41 bits per heavy atom. The number of ether oxygens (including phenoxy) is 4. The van der Waals surface area contributed by atoms with Gasteiger partial charge < -0.3 is 36.1 Å². The highest BCUT2D eigenvalue weighted by atomic mass is 19.1. The molecule has 16 heteroatoms. The summed E-state index contributed by atoms with van der Waals surface area (Å²) >= 11 is 0. The number of carbonyl (C=O) groups is 3. The number of carbonyl (C=O) groups excluding carboxylic acids is 3. The Labute approximate surface area is 222 Å². The molecule has 39 heavy (non-hydrogen) atoms. The Morgan fingerprint density at radius 1 is 1.13 bits per heavy atom. The molecule has 1 aliphatic heterocycles. The fourth-order valence-corrected chi connectivity index (χ4v) is 3.59. The molecular weight excluding hydrogens is 521 g/mol. The molecule has 0 spiro atoms. The first-order valence-electron chi connectivity index (χ1n) is 12.4. The molecule has 6 atom stereocenters. The second-order valence-electron chi connectivity index (χ2n) is 9.88. The van der Waals surface area contributed by atoms with Crippen molar-refractivity contribution in [2.24, 2.45) is 23.3 Å². The Bertz CT molecular complexity index is 1250. The van der Waals surface area contributed by atoms with Gasteiger partial charge in [-0.2, -0.15) is 4.98 Å². The predicted octanol–water partition coefficient (Wildman–Crippen LogP) is -0.708. The number of anilines is 1. The zero-order valence-corrected chi connectivity index (χ0v) is 22.0. The minimum Gasteiger partial charge on any atom is -0.460 e. The van der Waals surface area contributed by atoms with Crippen molar-refractivity contribution in [2.75, 3.05) is 18.9 Å². The van der Waals surface area contributed by atoms with Gasteiger partial charge in [0.15, 0.2) is 11.2 Å². The van der Waals surface area contributed by atoms with Gasteiger partial charge in [0.05, 0.1) is 6.33 Å². The number of alkyl halides is 1. The maximum atomic E-state index is 14.8. The number of halogens is 1.